The molecular formula is C10H13F5O2. The summed E-state index contributed by atoms with van der Waals surface area (Å²) >= 11 is 0. The third kappa shape index (κ3) is 3.81. The maximum absolute atomic E-state index is 12.5. The van der Waals surface area contributed by atoms with Crippen molar-refractivity contribution in [3.8, 4) is 0 Å². The topological polar surface area (TPSA) is 26.3 Å². The SMILES string of the molecule is O=C(OCC(F)(F)C(F)(F)F)C1CCCCC1. The second-order valence-corrected chi connectivity index (χ2v) is 4.14. The van der Waals surface area contributed by atoms with E-state index in [1.54, 1.807) is 0 Å². The van der Waals surface area contributed by atoms with E-state index in [9.17, 15) is 26.7 Å². The van der Waals surface area contributed by atoms with Crippen LogP contribution in [0.2, 0.25) is 0 Å². The third-order valence-electron chi connectivity index (χ3n) is 2.75. The zero-order valence-corrected chi connectivity index (χ0v) is 9.03. The first-order chi connectivity index (χ1) is 7.74. The van der Waals surface area contributed by atoms with Crippen LogP contribution in [0.3, 0.4) is 0 Å². The molecule has 0 unspecified atom stereocenters. The smallest absolute Gasteiger partial charge is 0.456 e. The molecular weight excluding hydrogens is 247 g/mol. The molecule has 0 N–H and O–H groups in total. The molecule has 0 aliphatic heterocycles. The standard InChI is InChI=1S/C10H13F5O2/c11-9(12,10(13,14)15)6-17-8(16)7-4-2-1-3-5-7/h7H,1-6H2. The Kier molecular flexibility index (Phi) is 4.32. The number of hydrogen-bond acceptors (Lipinski definition) is 2. The monoisotopic (exact) mass is 260 g/mol. The van der Waals surface area contributed by atoms with Gasteiger partial charge >= 0.3 is 18.1 Å². The molecule has 1 aliphatic carbocycles. The minimum absolute atomic E-state index is 0.496. The number of ether oxygens (including phenoxy) is 1. The van der Waals surface area contributed by atoms with E-state index in [-0.39, 0.29) is 0 Å². The lowest BCUT2D eigenvalue weighted by Gasteiger charge is -2.23. The normalized spacial score (nSPS) is 19.1. The maximum atomic E-state index is 12.5. The van der Waals surface area contributed by atoms with E-state index >= 15 is 0 Å². The molecule has 7 heteroatoms. The summed E-state index contributed by atoms with van der Waals surface area (Å²) in [7, 11) is 0. The molecule has 17 heavy (non-hydrogen) atoms. The number of rotatable bonds is 3. The molecule has 1 fully saturated rings. The summed E-state index contributed by atoms with van der Waals surface area (Å²) in [6, 6.07) is 0. The Hall–Kier alpha value is -0.880. The highest BCUT2D eigenvalue weighted by Crippen LogP contribution is 2.36. The summed E-state index contributed by atoms with van der Waals surface area (Å²) in [5.74, 6) is -6.46. The van der Waals surface area contributed by atoms with Gasteiger partial charge in [-0.15, -0.1) is 0 Å². The van der Waals surface area contributed by atoms with Gasteiger partial charge in [0.15, 0.2) is 6.61 Å². The second-order valence-electron chi connectivity index (χ2n) is 4.14. The van der Waals surface area contributed by atoms with Crippen LogP contribution in [-0.4, -0.2) is 24.7 Å². The summed E-state index contributed by atoms with van der Waals surface area (Å²) in [5.41, 5.74) is 0. The Labute approximate surface area is 95.1 Å². The van der Waals surface area contributed by atoms with Crippen LogP contribution in [0.5, 0.6) is 0 Å². The minimum Gasteiger partial charge on any atom is -0.459 e. The van der Waals surface area contributed by atoms with Gasteiger partial charge in [0.2, 0.25) is 0 Å². The van der Waals surface area contributed by atoms with Crippen LogP contribution in [0.25, 0.3) is 0 Å². The van der Waals surface area contributed by atoms with Crippen LogP contribution < -0.4 is 0 Å². The highest BCUT2D eigenvalue weighted by molar-refractivity contribution is 5.72. The molecule has 0 aromatic heterocycles. The Bertz CT molecular complexity index is 268. The van der Waals surface area contributed by atoms with Gasteiger partial charge in [-0.05, 0) is 12.8 Å². The average molecular weight is 260 g/mol. The number of halogens is 5. The van der Waals surface area contributed by atoms with Crippen molar-refractivity contribution in [3.63, 3.8) is 0 Å². The van der Waals surface area contributed by atoms with Crippen LogP contribution in [-0.2, 0) is 9.53 Å². The van der Waals surface area contributed by atoms with Crippen molar-refractivity contribution < 1.29 is 31.5 Å². The predicted octanol–water partition coefficient (Wildman–Crippen LogP) is 3.31. The quantitative estimate of drug-likeness (QED) is 0.575. The Morgan fingerprint density at radius 1 is 1.06 bits per heavy atom. The van der Waals surface area contributed by atoms with Crippen molar-refractivity contribution in [1.82, 2.24) is 0 Å². The first kappa shape index (κ1) is 14.2. The fourth-order valence-corrected chi connectivity index (χ4v) is 1.70. The summed E-state index contributed by atoms with van der Waals surface area (Å²) in [5, 5.41) is 0. The first-order valence-corrected chi connectivity index (χ1v) is 5.35. The van der Waals surface area contributed by atoms with Crippen LogP contribution >= 0.6 is 0 Å². The van der Waals surface area contributed by atoms with Crippen LogP contribution in [0.1, 0.15) is 32.1 Å². The Balaban J connectivity index is 2.42. The van der Waals surface area contributed by atoms with Gasteiger partial charge in [0.1, 0.15) is 0 Å². The van der Waals surface area contributed by atoms with E-state index in [1.807, 2.05) is 0 Å². The summed E-state index contributed by atoms with van der Waals surface area (Å²) in [6.45, 7) is -1.92. The molecule has 1 rings (SSSR count). The number of carbonyl (C=O) groups is 1. The van der Waals surface area contributed by atoms with Gasteiger partial charge < -0.3 is 4.74 Å². The van der Waals surface area contributed by atoms with E-state index in [4.69, 9.17) is 0 Å². The molecule has 100 valence electrons. The predicted molar refractivity (Wildman–Crippen MR) is 48.5 cm³/mol. The molecule has 0 saturated heterocycles. The van der Waals surface area contributed by atoms with Crippen LogP contribution in [0.4, 0.5) is 22.0 Å². The zero-order valence-electron chi connectivity index (χ0n) is 9.03. The van der Waals surface area contributed by atoms with E-state index in [1.165, 1.54) is 0 Å². The Morgan fingerprint density at radius 2 is 1.59 bits per heavy atom. The molecule has 0 heterocycles. The van der Waals surface area contributed by atoms with E-state index in [0.717, 1.165) is 19.3 Å². The van der Waals surface area contributed by atoms with Gasteiger partial charge in [-0.2, -0.15) is 22.0 Å². The summed E-state index contributed by atoms with van der Waals surface area (Å²) in [4.78, 5) is 11.2. The fraction of sp³-hybridized carbons (Fsp3) is 0.900. The largest absolute Gasteiger partial charge is 0.459 e. The van der Waals surface area contributed by atoms with Crippen molar-refractivity contribution >= 4 is 5.97 Å². The lowest BCUT2D eigenvalue weighted by atomic mass is 9.89. The van der Waals surface area contributed by atoms with E-state index in [2.05, 4.69) is 4.74 Å². The molecule has 0 bridgehead atoms. The highest BCUT2D eigenvalue weighted by atomic mass is 19.4. The molecule has 0 radical (unpaired) electrons. The van der Waals surface area contributed by atoms with Crippen molar-refractivity contribution in [2.75, 3.05) is 6.61 Å². The lowest BCUT2D eigenvalue weighted by molar-refractivity contribution is -0.294. The fourth-order valence-electron chi connectivity index (χ4n) is 1.70. The van der Waals surface area contributed by atoms with Crippen LogP contribution in [0, 0.1) is 5.92 Å². The molecule has 0 aromatic rings. The van der Waals surface area contributed by atoms with Crippen molar-refractivity contribution in [1.29, 1.82) is 0 Å². The second kappa shape index (κ2) is 5.18. The van der Waals surface area contributed by atoms with Gasteiger partial charge in [-0.25, -0.2) is 0 Å². The molecule has 1 aliphatic rings. The number of carbonyl (C=O) groups excluding carboxylic acids is 1. The van der Waals surface area contributed by atoms with Gasteiger partial charge in [-0.3, -0.25) is 4.79 Å². The van der Waals surface area contributed by atoms with E-state index < -0.39 is 30.6 Å². The molecule has 0 spiro atoms. The van der Waals surface area contributed by atoms with Gasteiger partial charge in [0.25, 0.3) is 0 Å². The summed E-state index contributed by atoms with van der Waals surface area (Å²) < 4.78 is 64.3. The molecule has 0 atom stereocenters. The molecule has 2 nitrogen and oxygen atoms in total. The Morgan fingerprint density at radius 3 is 2.06 bits per heavy atom. The minimum atomic E-state index is -5.68. The van der Waals surface area contributed by atoms with E-state index in [0.29, 0.717) is 12.8 Å². The number of alkyl halides is 5. The number of esters is 1. The van der Waals surface area contributed by atoms with Crippen LogP contribution in [0.15, 0.2) is 0 Å². The molecule has 1 saturated carbocycles. The maximum Gasteiger partial charge on any atom is 0.456 e. The lowest BCUT2D eigenvalue weighted by Crippen LogP contribution is -2.42. The highest BCUT2D eigenvalue weighted by Gasteiger charge is 2.58. The van der Waals surface area contributed by atoms with Crippen molar-refractivity contribution in [2.45, 2.75) is 44.2 Å². The van der Waals surface area contributed by atoms with Gasteiger partial charge in [-0.1, -0.05) is 19.3 Å². The third-order valence-corrected chi connectivity index (χ3v) is 2.75. The zero-order chi connectivity index (χ0) is 13.1. The first-order valence-electron chi connectivity index (χ1n) is 5.35. The number of hydrogen-bond donors (Lipinski definition) is 0. The van der Waals surface area contributed by atoms with Gasteiger partial charge in [0.05, 0.1) is 5.92 Å². The average Bonchev–Trinajstić information content (AvgIpc) is 2.25. The van der Waals surface area contributed by atoms with Crippen molar-refractivity contribution in [2.24, 2.45) is 5.92 Å². The molecule has 0 aromatic carbocycles. The molecule has 0 amide bonds. The summed E-state index contributed by atoms with van der Waals surface area (Å²) in [6.07, 6.45) is -2.19. The van der Waals surface area contributed by atoms with Gasteiger partial charge in [0, 0.05) is 0 Å². The van der Waals surface area contributed by atoms with Crippen molar-refractivity contribution in [3.05, 3.63) is 0 Å².